The van der Waals surface area contributed by atoms with Crippen molar-refractivity contribution in [2.45, 2.75) is 25.5 Å². The molecule has 0 spiro atoms. The molecule has 4 rings (SSSR count). The Bertz CT molecular complexity index is 905. The predicted molar refractivity (Wildman–Crippen MR) is 119 cm³/mol. The van der Waals surface area contributed by atoms with E-state index in [-0.39, 0.29) is 0 Å². The lowest BCUT2D eigenvalue weighted by Crippen LogP contribution is -2.39. The highest BCUT2D eigenvalue weighted by molar-refractivity contribution is 6.31. The fourth-order valence-corrected chi connectivity index (χ4v) is 4.01. The fraction of sp³-hybridized carbons (Fsp3) is 0.500. The number of hydrogen-bond acceptors (Lipinski definition) is 9. The molecule has 2 saturated heterocycles. The first-order valence-corrected chi connectivity index (χ1v) is 10.4. The van der Waals surface area contributed by atoms with Crippen LogP contribution in [0.4, 0.5) is 23.3 Å². The van der Waals surface area contributed by atoms with E-state index in [0.29, 0.717) is 80.7 Å². The summed E-state index contributed by atoms with van der Waals surface area (Å²) >= 11 is 6.31. The van der Waals surface area contributed by atoms with Crippen LogP contribution in [0.1, 0.15) is 18.9 Å². The monoisotopic (exact) mass is 433 g/mol. The zero-order valence-electron chi connectivity index (χ0n) is 17.1. The van der Waals surface area contributed by atoms with Crippen molar-refractivity contribution in [3.8, 4) is 0 Å². The Hall–Kier alpha value is -2.33. The Morgan fingerprint density at radius 3 is 2.60 bits per heavy atom. The summed E-state index contributed by atoms with van der Waals surface area (Å²) in [5.41, 5.74) is 6.98. The first kappa shape index (κ1) is 20.9. The lowest BCUT2D eigenvalue weighted by atomic mass is 10.1. The van der Waals surface area contributed by atoms with Crippen LogP contribution in [0.5, 0.6) is 0 Å². The lowest BCUT2D eigenvalue weighted by molar-refractivity contribution is 0.0839. The van der Waals surface area contributed by atoms with Gasteiger partial charge in [-0.25, -0.2) is 5.84 Å². The van der Waals surface area contributed by atoms with E-state index in [1.54, 1.807) is 0 Å². The lowest BCUT2D eigenvalue weighted by Gasteiger charge is -2.31. The minimum Gasteiger partial charge on any atom is -0.393 e. The number of aromatic nitrogens is 2. The minimum atomic E-state index is -0.781. The second kappa shape index (κ2) is 8.43. The maximum absolute atomic E-state index is 10.4. The first-order valence-electron chi connectivity index (χ1n) is 10.1. The van der Waals surface area contributed by atoms with Gasteiger partial charge in [-0.2, -0.15) is 9.97 Å². The van der Waals surface area contributed by atoms with E-state index < -0.39 is 5.60 Å². The number of benzene rings is 1. The number of halogens is 1. The van der Waals surface area contributed by atoms with Crippen molar-refractivity contribution in [1.82, 2.24) is 9.97 Å². The molecule has 2 aliphatic rings. The third-order valence-electron chi connectivity index (χ3n) is 5.51. The van der Waals surface area contributed by atoms with Crippen LogP contribution >= 0.6 is 11.6 Å². The molecule has 2 aromatic rings. The number of nitrogens with two attached hydrogens (primary N) is 2. The molecule has 5 N–H and O–H groups in total. The smallest absolute Gasteiger partial charge is 0.229 e. The summed E-state index contributed by atoms with van der Waals surface area (Å²) in [5, 5.41) is 12.6. The van der Waals surface area contributed by atoms with E-state index >= 15 is 0 Å². The highest BCUT2D eigenvalue weighted by Gasteiger charge is 2.34. The van der Waals surface area contributed by atoms with Crippen LogP contribution in [0.15, 0.2) is 24.3 Å². The van der Waals surface area contributed by atoms with Gasteiger partial charge in [0, 0.05) is 31.2 Å². The normalized spacial score (nSPS) is 21.9. The van der Waals surface area contributed by atoms with Crippen molar-refractivity contribution < 1.29 is 9.84 Å². The summed E-state index contributed by atoms with van der Waals surface area (Å²) in [6.07, 6.45) is 0.643. The van der Waals surface area contributed by atoms with Crippen LogP contribution in [0.25, 0.3) is 0 Å². The molecule has 0 radical (unpaired) electrons. The van der Waals surface area contributed by atoms with Crippen molar-refractivity contribution in [3.63, 3.8) is 0 Å². The molecule has 1 aromatic carbocycles. The van der Waals surface area contributed by atoms with Gasteiger partial charge in [-0.1, -0.05) is 29.8 Å². The summed E-state index contributed by atoms with van der Waals surface area (Å²) in [5.74, 6) is 7.99. The van der Waals surface area contributed by atoms with Gasteiger partial charge in [0.2, 0.25) is 5.95 Å². The van der Waals surface area contributed by atoms with Gasteiger partial charge in [-0.15, -0.1) is 0 Å². The molecule has 30 heavy (non-hydrogen) atoms. The van der Waals surface area contributed by atoms with Gasteiger partial charge in [0.05, 0.1) is 25.4 Å². The average Bonchev–Trinajstić information content (AvgIpc) is 3.10. The van der Waals surface area contributed by atoms with Crippen molar-refractivity contribution in [2.24, 2.45) is 5.84 Å². The number of rotatable bonds is 5. The average molecular weight is 434 g/mol. The molecule has 0 amide bonds. The number of hydrogen-bond donors (Lipinski definition) is 3. The van der Waals surface area contributed by atoms with Gasteiger partial charge >= 0.3 is 0 Å². The summed E-state index contributed by atoms with van der Waals surface area (Å²) in [6.45, 7) is 5.88. The maximum Gasteiger partial charge on any atom is 0.229 e. The molecule has 3 heterocycles. The van der Waals surface area contributed by atoms with Gasteiger partial charge in [0.15, 0.2) is 11.6 Å². The zero-order chi connectivity index (χ0) is 21.3. The largest absolute Gasteiger partial charge is 0.393 e. The third-order valence-corrected chi connectivity index (χ3v) is 5.88. The van der Waals surface area contributed by atoms with Crippen molar-refractivity contribution in [3.05, 3.63) is 34.9 Å². The van der Waals surface area contributed by atoms with Crippen LogP contribution in [0, 0.1) is 0 Å². The van der Waals surface area contributed by atoms with Crippen LogP contribution in [-0.2, 0) is 11.3 Å². The molecule has 162 valence electrons. The van der Waals surface area contributed by atoms with Crippen LogP contribution in [0.3, 0.4) is 0 Å². The number of anilines is 4. The second-order valence-corrected chi connectivity index (χ2v) is 8.48. The molecule has 1 aromatic heterocycles. The topological polar surface area (TPSA) is 117 Å². The van der Waals surface area contributed by atoms with Crippen molar-refractivity contribution in [2.75, 3.05) is 59.9 Å². The second-order valence-electron chi connectivity index (χ2n) is 8.07. The first-order chi connectivity index (χ1) is 14.3. The van der Waals surface area contributed by atoms with E-state index in [9.17, 15) is 5.11 Å². The summed E-state index contributed by atoms with van der Waals surface area (Å²) < 4.78 is 5.46. The molecule has 1 atom stereocenters. The van der Waals surface area contributed by atoms with Crippen LogP contribution in [-0.4, -0.2) is 60.1 Å². The Labute approximate surface area is 181 Å². The molecule has 0 saturated carbocycles. The van der Waals surface area contributed by atoms with Crippen LogP contribution < -0.4 is 26.4 Å². The van der Waals surface area contributed by atoms with E-state index in [1.165, 1.54) is 5.01 Å². The quantitative estimate of drug-likeness (QED) is 0.474. The van der Waals surface area contributed by atoms with E-state index in [4.69, 9.17) is 37.9 Å². The van der Waals surface area contributed by atoms with E-state index in [0.717, 1.165) is 5.56 Å². The molecule has 0 aliphatic carbocycles. The molecular formula is C20H28ClN7O2. The maximum atomic E-state index is 10.4. The number of hydrazine groups is 1. The Morgan fingerprint density at radius 2 is 1.93 bits per heavy atom. The SMILES string of the molecule is C[C@]1(O)CCN(c2nc(N3CCOCC3)nc(N(N)Cc3ccccc3Cl)c2N)C1. The molecule has 2 aliphatic heterocycles. The Morgan fingerprint density at radius 1 is 1.20 bits per heavy atom. The highest BCUT2D eigenvalue weighted by Crippen LogP contribution is 2.36. The summed E-state index contributed by atoms with van der Waals surface area (Å²) in [7, 11) is 0. The number of morpholine rings is 1. The molecule has 0 unspecified atom stereocenters. The highest BCUT2D eigenvalue weighted by atomic mass is 35.5. The van der Waals surface area contributed by atoms with E-state index in [2.05, 4.69) is 4.90 Å². The number of nitrogen functional groups attached to an aromatic ring is 1. The Balaban J connectivity index is 1.70. The molecule has 9 nitrogen and oxygen atoms in total. The summed E-state index contributed by atoms with van der Waals surface area (Å²) in [6, 6.07) is 7.53. The number of nitrogens with zero attached hydrogens (tertiary/aromatic N) is 5. The van der Waals surface area contributed by atoms with Gasteiger partial charge in [-0.05, 0) is 25.0 Å². The van der Waals surface area contributed by atoms with E-state index in [1.807, 2.05) is 36.1 Å². The minimum absolute atomic E-state index is 0.348. The fourth-order valence-electron chi connectivity index (χ4n) is 3.81. The number of ether oxygens (including phenoxy) is 1. The standard InChI is InChI=1S/C20H28ClN7O2/c1-20(29)6-7-27(13-20)17-16(22)18(25-19(24-17)26-8-10-30-11-9-26)28(23)12-14-4-2-3-5-15(14)21/h2-5,29H,6-13,22-23H2,1H3/t20-/m0/s1. The van der Waals surface area contributed by atoms with Gasteiger partial charge < -0.3 is 25.4 Å². The zero-order valence-corrected chi connectivity index (χ0v) is 17.8. The molecule has 0 bridgehead atoms. The Kier molecular flexibility index (Phi) is 5.88. The van der Waals surface area contributed by atoms with Gasteiger partial charge in [0.1, 0.15) is 5.69 Å². The predicted octanol–water partition coefficient (Wildman–Crippen LogP) is 1.39. The molecular weight excluding hydrogens is 406 g/mol. The number of aliphatic hydroxyl groups is 1. The number of β-amino-alcohol motifs (C(OH)–C–C–N with tert-alkyl or cyclic N) is 1. The third kappa shape index (κ3) is 4.39. The summed E-state index contributed by atoms with van der Waals surface area (Å²) in [4.78, 5) is 13.5. The van der Waals surface area contributed by atoms with Gasteiger partial charge in [-0.3, -0.25) is 5.01 Å². The molecule has 2 fully saturated rings. The van der Waals surface area contributed by atoms with Crippen molar-refractivity contribution >= 4 is 34.9 Å². The molecule has 10 heteroatoms. The van der Waals surface area contributed by atoms with Gasteiger partial charge in [0.25, 0.3) is 0 Å². The van der Waals surface area contributed by atoms with Crippen molar-refractivity contribution in [1.29, 1.82) is 0 Å². The van der Waals surface area contributed by atoms with Crippen LogP contribution in [0.2, 0.25) is 5.02 Å².